The molecule has 1 N–H and O–H groups in total. The Bertz CT molecular complexity index is 693. The summed E-state index contributed by atoms with van der Waals surface area (Å²) < 4.78 is 1.07. The van der Waals surface area contributed by atoms with E-state index < -0.39 is 0 Å². The minimum absolute atomic E-state index is 0.0844. The van der Waals surface area contributed by atoms with Crippen LogP contribution in [-0.4, -0.2) is 17.2 Å². The first-order valence-electron chi connectivity index (χ1n) is 6.08. The van der Waals surface area contributed by atoms with Gasteiger partial charge in [-0.1, -0.05) is 41.7 Å². The van der Waals surface area contributed by atoms with Crippen LogP contribution >= 0.6 is 38.6 Å². The SMILES string of the molecule is CNC(c1ccccc1)c1nnc(-c2sccc2Br)s1. The number of thiophene rings is 1. The highest BCUT2D eigenvalue weighted by atomic mass is 79.9. The molecular weight excluding hydrogens is 354 g/mol. The van der Waals surface area contributed by atoms with Gasteiger partial charge in [0.05, 0.1) is 10.9 Å². The van der Waals surface area contributed by atoms with Crippen molar-refractivity contribution in [1.82, 2.24) is 15.5 Å². The standard InChI is InChI=1S/C14H12BrN3S2/c1-16-11(9-5-3-2-4-6-9)13-17-18-14(20-13)12-10(15)7-8-19-12/h2-8,11,16H,1H3. The van der Waals surface area contributed by atoms with Gasteiger partial charge in [0.25, 0.3) is 0 Å². The Morgan fingerprint density at radius 2 is 1.95 bits per heavy atom. The third-order valence-corrected chi connectivity index (χ3v) is 5.90. The summed E-state index contributed by atoms with van der Waals surface area (Å²) in [5.41, 5.74) is 1.20. The minimum Gasteiger partial charge on any atom is -0.307 e. The van der Waals surface area contributed by atoms with Crippen LogP contribution in [0.2, 0.25) is 0 Å². The van der Waals surface area contributed by atoms with E-state index in [9.17, 15) is 0 Å². The third-order valence-electron chi connectivity index (χ3n) is 2.92. The van der Waals surface area contributed by atoms with Crippen LogP contribution in [0.25, 0.3) is 9.88 Å². The molecule has 2 heterocycles. The van der Waals surface area contributed by atoms with Crippen molar-refractivity contribution in [1.29, 1.82) is 0 Å². The van der Waals surface area contributed by atoms with E-state index >= 15 is 0 Å². The Morgan fingerprint density at radius 3 is 2.60 bits per heavy atom. The number of rotatable bonds is 4. The lowest BCUT2D eigenvalue weighted by Gasteiger charge is -2.12. The molecule has 0 aliphatic heterocycles. The van der Waals surface area contributed by atoms with Crippen LogP contribution in [0, 0.1) is 0 Å². The van der Waals surface area contributed by atoms with Crippen LogP contribution in [0.5, 0.6) is 0 Å². The Hall–Kier alpha value is -1.08. The lowest BCUT2D eigenvalue weighted by molar-refractivity contribution is 0.678. The van der Waals surface area contributed by atoms with Crippen molar-refractivity contribution in [2.75, 3.05) is 7.05 Å². The van der Waals surface area contributed by atoms with E-state index in [0.29, 0.717) is 0 Å². The molecule has 0 bridgehead atoms. The second-order valence-corrected chi connectivity index (χ2v) is 6.96. The minimum atomic E-state index is 0.0844. The van der Waals surface area contributed by atoms with Crippen molar-refractivity contribution in [3.8, 4) is 9.88 Å². The number of halogens is 1. The van der Waals surface area contributed by atoms with Crippen LogP contribution in [0.4, 0.5) is 0 Å². The zero-order valence-electron chi connectivity index (χ0n) is 10.7. The fraction of sp³-hybridized carbons (Fsp3) is 0.143. The number of benzene rings is 1. The average Bonchev–Trinajstić information content (AvgIpc) is 3.10. The van der Waals surface area contributed by atoms with Gasteiger partial charge in [0.1, 0.15) is 5.01 Å². The van der Waals surface area contributed by atoms with Gasteiger partial charge in [0.2, 0.25) is 0 Å². The summed E-state index contributed by atoms with van der Waals surface area (Å²) in [4.78, 5) is 1.14. The maximum atomic E-state index is 4.35. The van der Waals surface area contributed by atoms with Crippen molar-refractivity contribution in [2.24, 2.45) is 0 Å². The van der Waals surface area contributed by atoms with E-state index in [1.807, 2.05) is 36.7 Å². The summed E-state index contributed by atoms with van der Waals surface area (Å²) in [6.45, 7) is 0. The highest BCUT2D eigenvalue weighted by Gasteiger charge is 2.18. The maximum absolute atomic E-state index is 4.35. The second-order valence-electron chi connectivity index (χ2n) is 4.18. The van der Waals surface area contributed by atoms with Crippen LogP contribution in [-0.2, 0) is 0 Å². The van der Waals surface area contributed by atoms with Gasteiger partial charge < -0.3 is 5.32 Å². The number of hydrogen-bond acceptors (Lipinski definition) is 5. The Labute approximate surface area is 133 Å². The predicted molar refractivity (Wildman–Crippen MR) is 88.3 cm³/mol. The van der Waals surface area contributed by atoms with Gasteiger partial charge in [-0.05, 0) is 40.0 Å². The van der Waals surface area contributed by atoms with Gasteiger partial charge in [-0.3, -0.25) is 0 Å². The fourth-order valence-electron chi connectivity index (χ4n) is 1.97. The monoisotopic (exact) mass is 365 g/mol. The molecule has 0 spiro atoms. The van der Waals surface area contributed by atoms with Crippen LogP contribution in [0.1, 0.15) is 16.6 Å². The largest absolute Gasteiger partial charge is 0.307 e. The van der Waals surface area contributed by atoms with Crippen molar-refractivity contribution >= 4 is 38.6 Å². The molecule has 2 aromatic heterocycles. The van der Waals surface area contributed by atoms with Gasteiger partial charge >= 0.3 is 0 Å². The van der Waals surface area contributed by atoms with E-state index in [4.69, 9.17) is 0 Å². The van der Waals surface area contributed by atoms with Crippen LogP contribution < -0.4 is 5.32 Å². The van der Waals surface area contributed by atoms with Gasteiger partial charge in [-0.2, -0.15) is 0 Å². The molecule has 0 aliphatic rings. The highest BCUT2D eigenvalue weighted by molar-refractivity contribution is 9.10. The molecule has 102 valence electrons. The molecule has 1 unspecified atom stereocenters. The molecule has 0 saturated heterocycles. The molecule has 0 saturated carbocycles. The molecule has 1 atom stereocenters. The molecule has 3 nitrogen and oxygen atoms in total. The summed E-state index contributed by atoms with van der Waals surface area (Å²) in [5, 5.41) is 16.0. The molecule has 0 aliphatic carbocycles. The Morgan fingerprint density at radius 1 is 1.15 bits per heavy atom. The normalized spacial score (nSPS) is 12.5. The van der Waals surface area contributed by atoms with E-state index in [1.165, 1.54) is 5.56 Å². The average molecular weight is 366 g/mol. The van der Waals surface area contributed by atoms with E-state index in [0.717, 1.165) is 19.4 Å². The van der Waals surface area contributed by atoms with Gasteiger partial charge in [0.15, 0.2) is 5.01 Å². The lowest BCUT2D eigenvalue weighted by atomic mass is 10.1. The highest BCUT2D eigenvalue weighted by Crippen LogP contribution is 2.37. The van der Waals surface area contributed by atoms with Gasteiger partial charge in [0, 0.05) is 4.47 Å². The summed E-state index contributed by atoms with van der Waals surface area (Å²) >= 11 is 6.84. The first kappa shape index (κ1) is 13.9. The third kappa shape index (κ3) is 2.69. The van der Waals surface area contributed by atoms with Crippen molar-refractivity contribution < 1.29 is 0 Å². The Kier molecular flexibility index (Phi) is 4.26. The van der Waals surface area contributed by atoms with E-state index in [2.05, 4.69) is 43.6 Å². The summed E-state index contributed by atoms with van der Waals surface area (Å²) in [6, 6.07) is 12.4. The molecule has 6 heteroatoms. The number of nitrogens with zero attached hydrogens (tertiary/aromatic N) is 2. The summed E-state index contributed by atoms with van der Waals surface area (Å²) in [5.74, 6) is 0. The first-order chi connectivity index (χ1) is 9.79. The predicted octanol–water partition coefficient (Wildman–Crippen LogP) is 4.34. The molecule has 20 heavy (non-hydrogen) atoms. The topological polar surface area (TPSA) is 37.8 Å². The smallest absolute Gasteiger partial charge is 0.159 e. The molecule has 0 amide bonds. The molecular formula is C14H12BrN3S2. The van der Waals surface area contributed by atoms with Gasteiger partial charge in [-0.25, -0.2) is 0 Å². The number of nitrogens with one attached hydrogen (secondary N) is 1. The maximum Gasteiger partial charge on any atom is 0.159 e. The zero-order valence-corrected chi connectivity index (χ0v) is 13.9. The lowest BCUT2D eigenvalue weighted by Crippen LogP contribution is -2.17. The molecule has 1 aromatic carbocycles. The van der Waals surface area contributed by atoms with Crippen molar-refractivity contribution in [3.05, 3.63) is 56.8 Å². The van der Waals surface area contributed by atoms with Crippen LogP contribution in [0.15, 0.2) is 46.3 Å². The van der Waals surface area contributed by atoms with Gasteiger partial charge in [-0.15, -0.1) is 21.5 Å². The summed E-state index contributed by atoms with van der Waals surface area (Å²) in [7, 11) is 1.94. The second kappa shape index (κ2) is 6.13. The molecule has 3 rings (SSSR count). The van der Waals surface area contributed by atoms with E-state index in [1.54, 1.807) is 22.7 Å². The zero-order chi connectivity index (χ0) is 13.9. The molecule has 3 aromatic rings. The molecule has 0 radical (unpaired) electrons. The van der Waals surface area contributed by atoms with E-state index in [-0.39, 0.29) is 6.04 Å². The quantitative estimate of drug-likeness (QED) is 0.747. The number of aromatic nitrogens is 2. The van der Waals surface area contributed by atoms with Crippen molar-refractivity contribution in [2.45, 2.75) is 6.04 Å². The number of hydrogen-bond donors (Lipinski definition) is 1. The summed E-state index contributed by atoms with van der Waals surface area (Å²) in [6.07, 6.45) is 0. The Balaban J connectivity index is 1.95. The molecule has 0 fully saturated rings. The van der Waals surface area contributed by atoms with Crippen LogP contribution in [0.3, 0.4) is 0 Å². The van der Waals surface area contributed by atoms with Crippen molar-refractivity contribution in [3.63, 3.8) is 0 Å². The first-order valence-corrected chi connectivity index (χ1v) is 8.57. The fourth-order valence-corrected chi connectivity index (χ4v) is 4.74.